The second-order valence-electron chi connectivity index (χ2n) is 6.94. The maximum absolute atomic E-state index is 11.7. The first-order chi connectivity index (χ1) is 11.0. The molecular weight excluding hydrogens is 336 g/mol. The minimum absolute atomic E-state index is 0. The Morgan fingerprint density at radius 3 is 2.12 bits per heavy atom. The van der Waals surface area contributed by atoms with Crippen molar-refractivity contribution in [3.63, 3.8) is 0 Å². The van der Waals surface area contributed by atoms with Gasteiger partial charge in [-0.15, -0.1) is 18.1 Å². The Hall–Kier alpha value is -1.63. The number of hydrogen-bond acceptors (Lipinski definition) is 1. The number of Topliss-reactive ketones (excluding diaryl/α,β-unsaturated/α-hetero) is 1. The molecule has 0 amide bonds. The minimum Gasteiger partial charge on any atom is -0.365 e. The maximum atomic E-state index is 11.7. The fourth-order valence-corrected chi connectivity index (χ4v) is 2.45. The molecule has 0 saturated heterocycles. The first-order valence-corrected chi connectivity index (χ1v) is 8.09. The van der Waals surface area contributed by atoms with Crippen molar-refractivity contribution in [1.82, 2.24) is 0 Å². The minimum atomic E-state index is 0. The van der Waals surface area contributed by atoms with E-state index in [1.54, 1.807) is 0 Å². The fraction of sp³-hybridized carbons (Fsp3) is 0.318. The van der Waals surface area contributed by atoms with Gasteiger partial charge in [-0.3, -0.25) is 6.08 Å². The number of rotatable bonds is 3. The Balaban J connectivity index is 0.000000238. The predicted octanol–water partition coefficient (Wildman–Crippen LogP) is 5.67. The van der Waals surface area contributed by atoms with Crippen LogP contribution in [0.3, 0.4) is 0 Å². The van der Waals surface area contributed by atoms with E-state index in [0.29, 0.717) is 11.0 Å². The number of allylic oxidation sites excluding steroid dienone is 8. The second kappa shape index (κ2) is 9.61. The van der Waals surface area contributed by atoms with Crippen LogP contribution in [0.5, 0.6) is 0 Å². The van der Waals surface area contributed by atoms with E-state index in [-0.39, 0.29) is 22.9 Å². The second-order valence-corrected chi connectivity index (χ2v) is 6.94. The number of benzene rings is 1. The SMILES string of the molecule is CC(C)(C)CC1=[C-]CC=C1.O=C(C1=[C-]CC=C1)c1ccccc1.[Fe+2]. The third-order valence-electron chi connectivity index (χ3n) is 3.46. The fourth-order valence-electron chi connectivity index (χ4n) is 2.45. The Morgan fingerprint density at radius 1 is 1.00 bits per heavy atom. The molecule has 24 heavy (non-hydrogen) atoms. The van der Waals surface area contributed by atoms with Crippen LogP contribution < -0.4 is 0 Å². The summed E-state index contributed by atoms with van der Waals surface area (Å²) in [5.41, 5.74) is 3.21. The standard InChI is InChI=1S/C12H9O.C10H15.Fe/c13-12(11-8-4-5-9-11)10-6-2-1-3-7-10;1-10(2,3)8-9-6-4-5-7-9;/h1-4,6-8H,5H2;4,6H,5,8H2,1-3H3;/q2*-1;+2. The quantitative estimate of drug-likeness (QED) is 0.386. The van der Waals surface area contributed by atoms with Crippen molar-refractivity contribution in [2.45, 2.75) is 40.0 Å². The molecule has 1 aromatic rings. The molecule has 0 radical (unpaired) electrons. The molecule has 2 heteroatoms. The summed E-state index contributed by atoms with van der Waals surface area (Å²) in [6, 6.07) is 9.28. The van der Waals surface area contributed by atoms with Gasteiger partial charge in [0.05, 0.1) is 5.78 Å². The van der Waals surface area contributed by atoms with Crippen LogP contribution in [0.15, 0.2) is 65.8 Å². The molecule has 126 valence electrons. The summed E-state index contributed by atoms with van der Waals surface area (Å²) in [5.74, 6) is 0.0642. The normalized spacial score (nSPS) is 15.1. The molecule has 1 aromatic carbocycles. The van der Waals surface area contributed by atoms with E-state index in [1.165, 1.54) is 5.57 Å². The molecular formula is C22H24FeO. The molecule has 0 saturated carbocycles. The van der Waals surface area contributed by atoms with E-state index < -0.39 is 0 Å². The van der Waals surface area contributed by atoms with Gasteiger partial charge in [-0.05, 0) is 11.0 Å². The number of carbonyl (C=O) groups excluding carboxylic acids is 1. The van der Waals surface area contributed by atoms with Crippen molar-refractivity contribution in [3.05, 3.63) is 83.5 Å². The Kier molecular flexibility index (Phi) is 8.18. The molecule has 2 aliphatic rings. The average molecular weight is 360 g/mol. The summed E-state index contributed by atoms with van der Waals surface area (Å²) in [7, 11) is 0. The largest absolute Gasteiger partial charge is 2.00 e. The van der Waals surface area contributed by atoms with E-state index in [2.05, 4.69) is 45.1 Å². The van der Waals surface area contributed by atoms with Crippen molar-refractivity contribution < 1.29 is 21.9 Å². The zero-order chi connectivity index (χ0) is 16.7. The molecule has 0 aromatic heterocycles. The van der Waals surface area contributed by atoms with Gasteiger partial charge >= 0.3 is 17.1 Å². The van der Waals surface area contributed by atoms with Crippen molar-refractivity contribution in [1.29, 1.82) is 0 Å². The zero-order valence-electron chi connectivity index (χ0n) is 14.6. The van der Waals surface area contributed by atoms with Gasteiger partial charge in [-0.2, -0.15) is 18.2 Å². The van der Waals surface area contributed by atoms with Crippen LogP contribution in [0.25, 0.3) is 0 Å². The first kappa shape index (κ1) is 20.4. The molecule has 0 unspecified atom stereocenters. The monoisotopic (exact) mass is 360 g/mol. The summed E-state index contributed by atoms with van der Waals surface area (Å²) in [5, 5.41) is 0. The average Bonchev–Trinajstić information content (AvgIpc) is 3.19. The molecule has 0 fully saturated rings. The maximum Gasteiger partial charge on any atom is 2.00 e. The molecule has 0 spiro atoms. The molecule has 2 aliphatic carbocycles. The van der Waals surface area contributed by atoms with Gasteiger partial charge < -0.3 is 4.79 Å². The van der Waals surface area contributed by atoms with E-state index in [9.17, 15) is 4.79 Å². The third kappa shape index (κ3) is 6.86. The molecule has 0 heterocycles. The van der Waals surface area contributed by atoms with Crippen LogP contribution in [-0.4, -0.2) is 5.78 Å². The topological polar surface area (TPSA) is 17.1 Å². The molecule has 0 aliphatic heterocycles. The zero-order valence-corrected chi connectivity index (χ0v) is 15.7. The summed E-state index contributed by atoms with van der Waals surface area (Å²) in [6.45, 7) is 6.77. The van der Waals surface area contributed by atoms with E-state index in [1.807, 2.05) is 42.5 Å². The first-order valence-electron chi connectivity index (χ1n) is 8.09. The Morgan fingerprint density at radius 2 is 1.62 bits per heavy atom. The van der Waals surface area contributed by atoms with Crippen LogP contribution in [0.4, 0.5) is 0 Å². The van der Waals surface area contributed by atoms with Crippen LogP contribution >= 0.6 is 0 Å². The van der Waals surface area contributed by atoms with E-state index in [4.69, 9.17) is 0 Å². The van der Waals surface area contributed by atoms with Gasteiger partial charge in [-0.25, -0.2) is 11.6 Å². The van der Waals surface area contributed by atoms with Gasteiger partial charge in [0.15, 0.2) is 0 Å². The molecule has 0 N–H and O–H groups in total. The summed E-state index contributed by atoms with van der Waals surface area (Å²) in [6.07, 6.45) is 17.4. The Bertz CT molecular complexity index is 655. The van der Waals surface area contributed by atoms with Gasteiger partial charge in [0, 0.05) is 0 Å². The smallest absolute Gasteiger partial charge is 0.365 e. The van der Waals surface area contributed by atoms with Gasteiger partial charge in [0.25, 0.3) is 0 Å². The molecule has 1 nitrogen and oxygen atoms in total. The van der Waals surface area contributed by atoms with Crippen LogP contribution in [0.2, 0.25) is 0 Å². The molecule has 0 atom stereocenters. The number of hydrogen-bond donors (Lipinski definition) is 0. The van der Waals surface area contributed by atoms with Crippen LogP contribution in [0.1, 0.15) is 50.4 Å². The van der Waals surface area contributed by atoms with E-state index >= 15 is 0 Å². The Labute approximate surface area is 156 Å². The van der Waals surface area contributed by atoms with E-state index in [0.717, 1.165) is 24.8 Å². The summed E-state index contributed by atoms with van der Waals surface area (Å²) >= 11 is 0. The van der Waals surface area contributed by atoms with Crippen molar-refractivity contribution in [2.24, 2.45) is 5.41 Å². The molecule has 0 bridgehead atoms. The number of carbonyl (C=O) groups is 1. The third-order valence-corrected chi connectivity index (χ3v) is 3.46. The van der Waals surface area contributed by atoms with Gasteiger partial charge in [0.1, 0.15) is 0 Å². The van der Waals surface area contributed by atoms with Crippen LogP contribution in [-0.2, 0) is 17.1 Å². The van der Waals surface area contributed by atoms with Crippen LogP contribution in [0, 0.1) is 17.6 Å². The number of ketones is 1. The van der Waals surface area contributed by atoms with Crippen molar-refractivity contribution in [2.75, 3.05) is 0 Å². The summed E-state index contributed by atoms with van der Waals surface area (Å²) in [4.78, 5) is 11.7. The molecule has 3 rings (SSSR count). The summed E-state index contributed by atoms with van der Waals surface area (Å²) < 4.78 is 0. The predicted molar refractivity (Wildman–Crippen MR) is 95.9 cm³/mol. The van der Waals surface area contributed by atoms with Crippen molar-refractivity contribution >= 4 is 5.78 Å². The van der Waals surface area contributed by atoms with Gasteiger partial charge in [-0.1, -0.05) is 63.9 Å². The van der Waals surface area contributed by atoms with Gasteiger partial charge in [0.2, 0.25) is 0 Å². The van der Waals surface area contributed by atoms with Crippen molar-refractivity contribution in [3.8, 4) is 0 Å².